The molecule has 0 aromatic carbocycles. The zero-order valence-corrected chi connectivity index (χ0v) is 9.70. The number of hydrogen-bond acceptors (Lipinski definition) is 3. The molecule has 1 unspecified atom stereocenters. The highest BCUT2D eigenvalue weighted by Gasteiger charge is 2.25. The molecule has 15 heavy (non-hydrogen) atoms. The fourth-order valence-electron chi connectivity index (χ4n) is 1.37. The molecule has 0 bridgehead atoms. The lowest BCUT2D eigenvalue weighted by molar-refractivity contribution is 0.171. The largest absolute Gasteiger partial charge is 0.394 e. The molecule has 1 rings (SSSR count). The standard InChI is InChI=1S/C12H20N2O/c1-10(2)7-14-12(3,9-15)11-5-4-6-13-8-11/h4-6,8,10,14-15H,7,9H2,1-3H3. The predicted octanol–water partition coefficient (Wildman–Crippen LogP) is 1.53. The van der Waals surface area contributed by atoms with Gasteiger partial charge in [0.15, 0.2) is 0 Å². The van der Waals surface area contributed by atoms with E-state index in [0.29, 0.717) is 5.92 Å². The van der Waals surface area contributed by atoms with Crippen LogP contribution >= 0.6 is 0 Å². The van der Waals surface area contributed by atoms with Crippen LogP contribution in [0.5, 0.6) is 0 Å². The van der Waals surface area contributed by atoms with Gasteiger partial charge in [-0.15, -0.1) is 0 Å². The Hall–Kier alpha value is -0.930. The Morgan fingerprint density at radius 2 is 2.27 bits per heavy atom. The summed E-state index contributed by atoms with van der Waals surface area (Å²) in [6, 6.07) is 3.87. The molecule has 0 aliphatic rings. The Balaban J connectivity index is 2.76. The van der Waals surface area contributed by atoms with Crippen molar-refractivity contribution in [3.8, 4) is 0 Å². The van der Waals surface area contributed by atoms with Crippen molar-refractivity contribution in [3.63, 3.8) is 0 Å². The third-order valence-corrected chi connectivity index (χ3v) is 2.52. The fraction of sp³-hybridized carbons (Fsp3) is 0.583. The number of aliphatic hydroxyl groups is 1. The van der Waals surface area contributed by atoms with Gasteiger partial charge in [-0.05, 0) is 31.0 Å². The van der Waals surface area contributed by atoms with E-state index in [4.69, 9.17) is 0 Å². The van der Waals surface area contributed by atoms with E-state index in [1.807, 2.05) is 19.1 Å². The summed E-state index contributed by atoms with van der Waals surface area (Å²) in [7, 11) is 0. The van der Waals surface area contributed by atoms with Crippen molar-refractivity contribution >= 4 is 0 Å². The summed E-state index contributed by atoms with van der Waals surface area (Å²) in [5.41, 5.74) is 0.631. The normalized spacial score (nSPS) is 15.3. The lowest BCUT2D eigenvalue weighted by Crippen LogP contribution is -2.44. The molecule has 0 amide bonds. The molecule has 0 radical (unpaired) electrons. The van der Waals surface area contributed by atoms with E-state index in [2.05, 4.69) is 24.1 Å². The average molecular weight is 208 g/mol. The van der Waals surface area contributed by atoms with Crippen LogP contribution < -0.4 is 5.32 Å². The number of aliphatic hydroxyl groups excluding tert-OH is 1. The molecule has 0 fully saturated rings. The summed E-state index contributed by atoms with van der Waals surface area (Å²) in [6.07, 6.45) is 3.54. The van der Waals surface area contributed by atoms with Gasteiger partial charge in [-0.3, -0.25) is 4.98 Å². The minimum atomic E-state index is -0.390. The molecular weight excluding hydrogens is 188 g/mol. The molecule has 1 aromatic rings. The molecule has 3 heteroatoms. The van der Waals surface area contributed by atoms with Crippen LogP contribution in [0.2, 0.25) is 0 Å². The molecule has 0 saturated carbocycles. The van der Waals surface area contributed by atoms with Gasteiger partial charge >= 0.3 is 0 Å². The van der Waals surface area contributed by atoms with Crippen molar-refractivity contribution in [2.45, 2.75) is 26.3 Å². The fourth-order valence-corrected chi connectivity index (χ4v) is 1.37. The van der Waals surface area contributed by atoms with Gasteiger partial charge in [0.2, 0.25) is 0 Å². The summed E-state index contributed by atoms with van der Waals surface area (Å²) >= 11 is 0. The first-order valence-electron chi connectivity index (χ1n) is 5.35. The summed E-state index contributed by atoms with van der Waals surface area (Å²) in [5, 5.41) is 12.8. The van der Waals surface area contributed by atoms with E-state index in [9.17, 15) is 5.11 Å². The molecule has 0 saturated heterocycles. The van der Waals surface area contributed by atoms with Gasteiger partial charge in [-0.2, -0.15) is 0 Å². The van der Waals surface area contributed by atoms with Gasteiger partial charge in [0.1, 0.15) is 0 Å². The first kappa shape index (κ1) is 12.1. The van der Waals surface area contributed by atoms with Gasteiger partial charge in [0, 0.05) is 12.4 Å². The second-order valence-electron chi connectivity index (χ2n) is 4.51. The summed E-state index contributed by atoms with van der Waals surface area (Å²) < 4.78 is 0. The maximum absolute atomic E-state index is 9.46. The predicted molar refractivity (Wildman–Crippen MR) is 61.5 cm³/mol. The molecule has 1 aromatic heterocycles. The number of aromatic nitrogens is 1. The molecule has 1 heterocycles. The second-order valence-corrected chi connectivity index (χ2v) is 4.51. The molecule has 0 aliphatic carbocycles. The maximum atomic E-state index is 9.46. The minimum Gasteiger partial charge on any atom is -0.394 e. The van der Waals surface area contributed by atoms with Crippen molar-refractivity contribution in [2.75, 3.05) is 13.2 Å². The van der Waals surface area contributed by atoms with Crippen molar-refractivity contribution in [1.29, 1.82) is 0 Å². The monoisotopic (exact) mass is 208 g/mol. The molecule has 3 nitrogen and oxygen atoms in total. The van der Waals surface area contributed by atoms with Crippen LogP contribution in [-0.2, 0) is 5.54 Å². The Bertz CT molecular complexity index is 287. The van der Waals surface area contributed by atoms with E-state index >= 15 is 0 Å². The first-order valence-corrected chi connectivity index (χ1v) is 5.35. The van der Waals surface area contributed by atoms with Gasteiger partial charge < -0.3 is 10.4 Å². The van der Waals surface area contributed by atoms with Crippen molar-refractivity contribution in [1.82, 2.24) is 10.3 Å². The number of nitrogens with one attached hydrogen (secondary N) is 1. The summed E-state index contributed by atoms with van der Waals surface area (Å²) in [5.74, 6) is 0.563. The van der Waals surface area contributed by atoms with E-state index in [1.165, 1.54) is 0 Å². The minimum absolute atomic E-state index is 0.0748. The highest BCUT2D eigenvalue weighted by atomic mass is 16.3. The van der Waals surface area contributed by atoms with Crippen LogP contribution in [0.25, 0.3) is 0 Å². The first-order chi connectivity index (χ1) is 7.08. The summed E-state index contributed by atoms with van der Waals surface area (Å²) in [4.78, 5) is 4.07. The van der Waals surface area contributed by atoms with Crippen LogP contribution in [0.4, 0.5) is 0 Å². The highest BCUT2D eigenvalue weighted by molar-refractivity contribution is 5.19. The van der Waals surface area contributed by atoms with Crippen LogP contribution in [0.15, 0.2) is 24.5 Å². The van der Waals surface area contributed by atoms with E-state index in [0.717, 1.165) is 12.1 Å². The second kappa shape index (κ2) is 5.24. The van der Waals surface area contributed by atoms with Gasteiger partial charge in [0.25, 0.3) is 0 Å². The Morgan fingerprint density at radius 3 is 2.73 bits per heavy atom. The third-order valence-electron chi connectivity index (χ3n) is 2.52. The van der Waals surface area contributed by atoms with Gasteiger partial charge in [-0.1, -0.05) is 19.9 Å². The van der Waals surface area contributed by atoms with Gasteiger partial charge in [0.05, 0.1) is 12.1 Å². The number of rotatable bonds is 5. The van der Waals surface area contributed by atoms with Crippen LogP contribution in [0.3, 0.4) is 0 Å². The van der Waals surface area contributed by atoms with E-state index in [-0.39, 0.29) is 6.61 Å². The summed E-state index contributed by atoms with van der Waals surface area (Å²) in [6.45, 7) is 7.24. The Kier molecular flexibility index (Phi) is 4.24. The van der Waals surface area contributed by atoms with Crippen LogP contribution in [-0.4, -0.2) is 23.2 Å². The van der Waals surface area contributed by atoms with Crippen LogP contribution in [0, 0.1) is 5.92 Å². The maximum Gasteiger partial charge on any atom is 0.0655 e. The van der Waals surface area contributed by atoms with E-state index < -0.39 is 5.54 Å². The quantitative estimate of drug-likeness (QED) is 0.771. The molecule has 0 spiro atoms. The molecule has 2 N–H and O–H groups in total. The molecule has 84 valence electrons. The van der Waals surface area contributed by atoms with Crippen molar-refractivity contribution in [3.05, 3.63) is 30.1 Å². The highest BCUT2D eigenvalue weighted by Crippen LogP contribution is 2.18. The average Bonchev–Trinajstić information content (AvgIpc) is 2.27. The van der Waals surface area contributed by atoms with E-state index in [1.54, 1.807) is 12.4 Å². The van der Waals surface area contributed by atoms with Crippen molar-refractivity contribution in [2.24, 2.45) is 5.92 Å². The Morgan fingerprint density at radius 1 is 1.53 bits per heavy atom. The zero-order valence-electron chi connectivity index (χ0n) is 9.70. The lowest BCUT2D eigenvalue weighted by Gasteiger charge is -2.30. The number of hydrogen-bond donors (Lipinski definition) is 2. The molecular formula is C12H20N2O. The molecule has 0 aliphatic heterocycles. The number of nitrogens with zero attached hydrogens (tertiary/aromatic N) is 1. The van der Waals surface area contributed by atoms with Gasteiger partial charge in [-0.25, -0.2) is 0 Å². The van der Waals surface area contributed by atoms with Crippen LogP contribution in [0.1, 0.15) is 26.3 Å². The third kappa shape index (κ3) is 3.29. The topological polar surface area (TPSA) is 45.1 Å². The van der Waals surface area contributed by atoms with Crippen molar-refractivity contribution < 1.29 is 5.11 Å². The smallest absolute Gasteiger partial charge is 0.0655 e. The number of pyridine rings is 1. The zero-order chi connectivity index (χ0) is 11.3. The lowest BCUT2D eigenvalue weighted by atomic mass is 9.94. The Labute approximate surface area is 91.5 Å². The molecule has 1 atom stereocenters. The SMILES string of the molecule is CC(C)CNC(C)(CO)c1cccnc1.